The summed E-state index contributed by atoms with van der Waals surface area (Å²) in [6.45, 7) is 0.940. The van der Waals surface area contributed by atoms with E-state index in [0.29, 0.717) is 31.2 Å². The summed E-state index contributed by atoms with van der Waals surface area (Å²) < 4.78 is 5.18. The van der Waals surface area contributed by atoms with Crippen LogP contribution in [0, 0.1) is 11.8 Å². The van der Waals surface area contributed by atoms with E-state index < -0.39 is 0 Å². The van der Waals surface area contributed by atoms with Crippen molar-refractivity contribution in [1.29, 1.82) is 0 Å². The number of rotatable bonds is 6. The van der Waals surface area contributed by atoms with E-state index in [4.69, 9.17) is 4.42 Å². The molecule has 1 saturated carbocycles. The van der Waals surface area contributed by atoms with Crippen LogP contribution in [-0.2, 0) is 11.2 Å². The number of aliphatic hydroxyl groups is 1. The normalized spacial score (nSPS) is 23.2. The summed E-state index contributed by atoms with van der Waals surface area (Å²) in [4.78, 5) is 11.7. The number of hydrogen-bond acceptors (Lipinski definition) is 3. The van der Waals surface area contributed by atoms with Crippen molar-refractivity contribution in [1.82, 2.24) is 5.32 Å². The van der Waals surface area contributed by atoms with Crippen LogP contribution in [0.2, 0.25) is 0 Å². The molecular weight excluding hydrogens is 230 g/mol. The molecule has 100 valence electrons. The molecule has 1 amide bonds. The van der Waals surface area contributed by atoms with Crippen LogP contribution in [0.4, 0.5) is 0 Å². The minimum Gasteiger partial charge on any atom is -0.469 e. The second-order valence-electron chi connectivity index (χ2n) is 5.02. The van der Waals surface area contributed by atoms with E-state index in [0.717, 1.165) is 25.0 Å². The highest BCUT2D eigenvalue weighted by Crippen LogP contribution is 2.30. The third kappa shape index (κ3) is 3.60. The Labute approximate surface area is 107 Å². The zero-order valence-corrected chi connectivity index (χ0v) is 10.6. The van der Waals surface area contributed by atoms with Crippen LogP contribution in [0.15, 0.2) is 22.8 Å². The molecule has 1 fully saturated rings. The third-order valence-corrected chi connectivity index (χ3v) is 3.79. The Kier molecular flexibility index (Phi) is 4.81. The van der Waals surface area contributed by atoms with Gasteiger partial charge in [0.25, 0.3) is 0 Å². The molecule has 1 aromatic rings. The van der Waals surface area contributed by atoms with Crippen molar-refractivity contribution in [3.05, 3.63) is 24.2 Å². The fourth-order valence-corrected chi connectivity index (χ4v) is 2.65. The minimum absolute atomic E-state index is 0.0648. The highest BCUT2D eigenvalue weighted by Gasteiger charge is 2.26. The molecule has 2 N–H and O–H groups in total. The summed E-state index contributed by atoms with van der Waals surface area (Å²) in [6.07, 6.45) is 6.10. The van der Waals surface area contributed by atoms with Crippen molar-refractivity contribution in [2.45, 2.75) is 32.1 Å². The Bertz CT molecular complexity index is 361. The van der Waals surface area contributed by atoms with E-state index >= 15 is 0 Å². The summed E-state index contributed by atoms with van der Waals surface area (Å²) in [7, 11) is 0. The van der Waals surface area contributed by atoms with Gasteiger partial charge in [-0.15, -0.1) is 0 Å². The van der Waals surface area contributed by atoms with E-state index in [9.17, 15) is 9.90 Å². The number of furan rings is 1. The summed E-state index contributed by atoms with van der Waals surface area (Å²) >= 11 is 0. The first-order chi connectivity index (χ1) is 8.79. The van der Waals surface area contributed by atoms with Gasteiger partial charge in [-0.2, -0.15) is 0 Å². The SMILES string of the molecule is O=C(CCc1ccco1)NCC1CCCC1CO. The maximum Gasteiger partial charge on any atom is 0.220 e. The molecule has 4 heteroatoms. The van der Waals surface area contributed by atoms with Crippen molar-refractivity contribution in [3.8, 4) is 0 Å². The first-order valence-corrected chi connectivity index (χ1v) is 6.69. The van der Waals surface area contributed by atoms with Crippen LogP contribution in [0.1, 0.15) is 31.4 Å². The predicted octanol–water partition coefficient (Wildman–Crippen LogP) is 1.74. The molecule has 2 rings (SSSR count). The van der Waals surface area contributed by atoms with Crippen LogP contribution >= 0.6 is 0 Å². The highest BCUT2D eigenvalue weighted by atomic mass is 16.3. The molecule has 2 atom stereocenters. The Hall–Kier alpha value is -1.29. The second kappa shape index (κ2) is 6.59. The Morgan fingerprint density at radius 3 is 3.00 bits per heavy atom. The van der Waals surface area contributed by atoms with Crippen molar-refractivity contribution >= 4 is 5.91 Å². The van der Waals surface area contributed by atoms with Crippen molar-refractivity contribution < 1.29 is 14.3 Å². The van der Waals surface area contributed by atoms with Crippen LogP contribution < -0.4 is 5.32 Å². The maximum atomic E-state index is 11.7. The lowest BCUT2D eigenvalue weighted by atomic mass is 9.97. The molecule has 0 saturated heterocycles. The van der Waals surface area contributed by atoms with Gasteiger partial charge in [0.1, 0.15) is 5.76 Å². The fraction of sp³-hybridized carbons (Fsp3) is 0.643. The van der Waals surface area contributed by atoms with Crippen LogP contribution in [-0.4, -0.2) is 24.2 Å². The molecule has 1 heterocycles. The molecule has 1 aromatic heterocycles. The van der Waals surface area contributed by atoms with Crippen molar-refractivity contribution in [3.63, 3.8) is 0 Å². The number of hydrogen-bond donors (Lipinski definition) is 2. The zero-order chi connectivity index (χ0) is 12.8. The Morgan fingerprint density at radius 2 is 2.28 bits per heavy atom. The highest BCUT2D eigenvalue weighted by molar-refractivity contribution is 5.76. The topological polar surface area (TPSA) is 62.5 Å². The first kappa shape index (κ1) is 13.1. The predicted molar refractivity (Wildman–Crippen MR) is 68.0 cm³/mol. The number of aliphatic hydroxyl groups excluding tert-OH is 1. The van der Waals surface area contributed by atoms with Gasteiger partial charge < -0.3 is 14.8 Å². The van der Waals surface area contributed by atoms with Crippen molar-refractivity contribution in [2.24, 2.45) is 11.8 Å². The lowest BCUT2D eigenvalue weighted by Gasteiger charge is -2.17. The largest absolute Gasteiger partial charge is 0.469 e. The lowest BCUT2D eigenvalue weighted by Crippen LogP contribution is -2.31. The molecule has 0 spiro atoms. The van der Waals surface area contributed by atoms with Crippen LogP contribution in [0.3, 0.4) is 0 Å². The summed E-state index contributed by atoms with van der Waals surface area (Å²) in [5.74, 6) is 1.73. The van der Waals surface area contributed by atoms with E-state index in [2.05, 4.69) is 5.32 Å². The minimum atomic E-state index is 0.0648. The molecule has 2 unspecified atom stereocenters. The molecule has 1 aliphatic rings. The van der Waals surface area contributed by atoms with E-state index in [1.54, 1.807) is 6.26 Å². The molecule has 0 aliphatic heterocycles. The average molecular weight is 251 g/mol. The second-order valence-corrected chi connectivity index (χ2v) is 5.02. The van der Waals surface area contributed by atoms with Gasteiger partial charge in [0.05, 0.1) is 6.26 Å². The summed E-state index contributed by atoms with van der Waals surface area (Å²) in [6, 6.07) is 3.71. The maximum absolute atomic E-state index is 11.7. The van der Waals surface area contributed by atoms with Gasteiger partial charge in [-0.1, -0.05) is 6.42 Å². The van der Waals surface area contributed by atoms with Crippen LogP contribution in [0.5, 0.6) is 0 Å². The van der Waals surface area contributed by atoms with Gasteiger partial charge in [0.15, 0.2) is 0 Å². The quantitative estimate of drug-likeness (QED) is 0.809. The van der Waals surface area contributed by atoms with Gasteiger partial charge >= 0.3 is 0 Å². The van der Waals surface area contributed by atoms with E-state index in [1.165, 1.54) is 0 Å². The molecule has 0 radical (unpaired) electrons. The van der Waals surface area contributed by atoms with Gasteiger partial charge in [-0.3, -0.25) is 4.79 Å². The number of aryl methyl sites for hydroxylation is 1. The molecule has 4 nitrogen and oxygen atoms in total. The summed E-state index contributed by atoms with van der Waals surface area (Å²) in [5, 5.41) is 12.2. The van der Waals surface area contributed by atoms with Gasteiger partial charge in [-0.05, 0) is 36.8 Å². The number of amides is 1. The smallest absolute Gasteiger partial charge is 0.220 e. The standard InChI is InChI=1S/C14H21NO3/c16-10-12-4-1-3-11(12)9-15-14(17)7-6-13-5-2-8-18-13/h2,5,8,11-12,16H,1,3-4,6-7,9-10H2,(H,15,17). The fourth-order valence-electron chi connectivity index (χ4n) is 2.65. The third-order valence-electron chi connectivity index (χ3n) is 3.79. The Morgan fingerprint density at radius 1 is 1.44 bits per heavy atom. The van der Waals surface area contributed by atoms with E-state index in [-0.39, 0.29) is 12.5 Å². The molecule has 0 aromatic carbocycles. The van der Waals surface area contributed by atoms with Crippen LogP contribution in [0.25, 0.3) is 0 Å². The lowest BCUT2D eigenvalue weighted by molar-refractivity contribution is -0.121. The molecule has 18 heavy (non-hydrogen) atoms. The van der Waals surface area contributed by atoms with Crippen molar-refractivity contribution in [2.75, 3.05) is 13.2 Å². The van der Waals surface area contributed by atoms with Gasteiger partial charge in [0, 0.05) is 26.0 Å². The van der Waals surface area contributed by atoms with Gasteiger partial charge in [-0.25, -0.2) is 0 Å². The number of carbonyl (C=O) groups is 1. The number of carbonyl (C=O) groups excluding carboxylic acids is 1. The zero-order valence-electron chi connectivity index (χ0n) is 10.6. The number of nitrogens with one attached hydrogen (secondary N) is 1. The molecular formula is C14H21NO3. The van der Waals surface area contributed by atoms with Gasteiger partial charge in [0.2, 0.25) is 5.91 Å². The average Bonchev–Trinajstić information content (AvgIpc) is 3.04. The summed E-state index contributed by atoms with van der Waals surface area (Å²) in [5.41, 5.74) is 0. The first-order valence-electron chi connectivity index (χ1n) is 6.69. The van der Waals surface area contributed by atoms with E-state index in [1.807, 2.05) is 12.1 Å². The molecule has 1 aliphatic carbocycles. The monoisotopic (exact) mass is 251 g/mol. The Balaban J connectivity index is 1.65. The molecule has 0 bridgehead atoms.